The lowest BCUT2D eigenvalue weighted by atomic mass is 9.91. The van der Waals surface area contributed by atoms with Gasteiger partial charge >= 0.3 is 0 Å². The lowest BCUT2D eigenvalue weighted by Crippen LogP contribution is -2.58. The highest BCUT2D eigenvalue weighted by molar-refractivity contribution is 5.86. The molecule has 6 heteroatoms. The maximum Gasteiger partial charge on any atom is 0.256 e. The lowest BCUT2D eigenvalue weighted by Gasteiger charge is -2.38. The molecule has 0 spiro atoms. The molecule has 0 saturated carbocycles. The fraction of sp³-hybridized carbons (Fsp3) is 0.588. The van der Waals surface area contributed by atoms with Gasteiger partial charge in [0, 0.05) is 31.2 Å². The van der Waals surface area contributed by atoms with E-state index in [0.717, 1.165) is 0 Å². The number of ether oxygens (including phenoxy) is 1. The summed E-state index contributed by atoms with van der Waals surface area (Å²) in [6, 6.07) is 4.63. The Bertz CT molecular complexity index is 565. The van der Waals surface area contributed by atoms with E-state index in [0.29, 0.717) is 30.7 Å². The van der Waals surface area contributed by atoms with E-state index in [9.17, 15) is 14.3 Å². The van der Waals surface area contributed by atoms with Gasteiger partial charge in [0.25, 0.3) is 5.91 Å². The summed E-state index contributed by atoms with van der Waals surface area (Å²) in [5.74, 6) is -0.185. The van der Waals surface area contributed by atoms with Gasteiger partial charge < -0.3 is 20.1 Å². The third-order valence-electron chi connectivity index (χ3n) is 4.12. The molecular weight excluding hydrogens is 299 g/mol. The van der Waals surface area contributed by atoms with E-state index >= 15 is 0 Å². The number of hydrogen-bond donors (Lipinski definition) is 2. The minimum absolute atomic E-state index is 0.131. The smallest absolute Gasteiger partial charge is 0.256 e. The number of methoxy groups -OCH3 is 1. The van der Waals surface area contributed by atoms with Gasteiger partial charge in [0.2, 0.25) is 0 Å². The molecule has 0 bridgehead atoms. The summed E-state index contributed by atoms with van der Waals surface area (Å²) in [4.78, 5) is 14.1. The number of benzene rings is 1. The van der Waals surface area contributed by atoms with E-state index in [1.54, 1.807) is 12.1 Å². The molecule has 1 aliphatic heterocycles. The second-order valence-corrected chi connectivity index (χ2v) is 6.35. The maximum absolute atomic E-state index is 14.0. The fourth-order valence-electron chi connectivity index (χ4n) is 2.76. The van der Waals surface area contributed by atoms with E-state index in [-0.39, 0.29) is 30.9 Å². The van der Waals surface area contributed by atoms with Crippen molar-refractivity contribution in [1.29, 1.82) is 0 Å². The molecule has 1 atom stereocenters. The second-order valence-electron chi connectivity index (χ2n) is 6.35. The van der Waals surface area contributed by atoms with E-state index in [2.05, 4.69) is 5.32 Å². The first-order chi connectivity index (χ1) is 10.9. The molecule has 0 aromatic heterocycles. The highest BCUT2D eigenvalue weighted by Gasteiger charge is 2.42. The predicted octanol–water partition coefficient (Wildman–Crippen LogP) is 1.69. The molecule has 1 unspecified atom stereocenters. The molecule has 1 amide bonds. The standard InChI is InChI=1S/C17H25FN2O3/c1-12(2)19-11-17(22)7-4-8-20(16(17)21)10-13-9-14(23-3)5-6-15(13)18/h5-6,9,12,19,22H,4,7-8,10-11H2,1-3H3. The molecule has 1 aromatic rings. The van der Waals surface area contributed by atoms with Crippen LogP contribution < -0.4 is 10.1 Å². The molecule has 1 heterocycles. The van der Waals surface area contributed by atoms with E-state index < -0.39 is 5.60 Å². The summed E-state index contributed by atoms with van der Waals surface area (Å²) in [6.45, 7) is 4.77. The largest absolute Gasteiger partial charge is 0.497 e. The Morgan fingerprint density at radius 3 is 2.87 bits per heavy atom. The number of nitrogens with zero attached hydrogens (tertiary/aromatic N) is 1. The highest BCUT2D eigenvalue weighted by atomic mass is 19.1. The first kappa shape index (κ1) is 17.7. The minimum Gasteiger partial charge on any atom is -0.497 e. The van der Waals surface area contributed by atoms with Gasteiger partial charge in [-0.05, 0) is 31.0 Å². The second kappa shape index (κ2) is 7.27. The summed E-state index contributed by atoms with van der Waals surface area (Å²) in [6.07, 6.45) is 1.11. The molecule has 0 radical (unpaired) electrons. The summed E-state index contributed by atoms with van der Waals surface area (Å²) in [5, 5.41) is 13.7. The Labute approximate surface area is 136 Å². The molecule has 0 aliphatic carbocycles. The monoisotopic (exact) mass is 324 g/mol. The molecule has 1 aliphatic rings. The number of rotatable bonds is 6. The molecule has 2 rings (SSSR count). The van der Waals surface area contributed by atoms with Crippen LogP contribution in [0.3, 0.4) is 0 Å². The Morgan fingerprint density at radius 1 is 1.48 bits per heavy atom. The van der Waals surface area contributed by atoms with Crippen LogP contribution in [0.15, 0.2) is 18.2 Å². The molecule has 5 nitrogen and oxygen atoms in total. The fourth-order valence-corrected chi connectivity index (χ4v) is 2.76. The van der Waals surface area contributed by atoms with Gasteiger partial charge in [-0.15, -0.1) is 0 Å². The number of likely N-dealkylation sites (tertiary alicyclic amines) is 1. The molecular formula is C17H25FN2O3. The normalized spacial score (nSPS) is 21.8. The zero-order valence-corrected chi connectivity index (χ0v) is 13.9. The van der Waals surface area contributed by atoms with Crippen LogP contribution in [0.2, 0.25) is 0 Å². The number of carbonyl (C=O) groups is 1. The summed E-state index contributed by atoms with van der Waals surface area (Å²) >= 11 is 0. The molecule has 128 valence electrons. The summed E-state index contributed by atoms with van der Waals surface area (Å²) < 4.78 is 19.1. The third-order valence-corrected chi connectivity index (χ3v) is 4.12. The Kier molecular flexibility index (Phi) is 5.59. The van der Waals surface area contributed by atoms with Gasteiger partial charge in [0.15, 0.2) is 5.60 Å². The minimum atomic E-state index is -1.42. The van der Waals surface area contributed by atoms with E-state index in [1.807, 2.05) is 13.8 Å². The number of nitrogens with one attached hydrogen (secondary N) is 1. The first-order valence-electron chi connectivity index (χ1n) is 7.93. The first-order valence-corrected chi connectivity index (χ1v) is 7.93. The molecule has 1 fully saturated rings. The van der Waals surface area contributed by atoms with Crippen molar-refractivity contribution in [3.05, 3.63) is 29.6 Å². The van der Waals surface area contributed by atoms with Crippen LogP contribution in [0, 0.1) is 5.82 Å². The van der Waals surface area contributed by atoms with Crippen LogP contribution in [0.25, 0.3) is 0 Å². The quantitative estimate of drug-likeness (QED) is 0.836. The van der Waals surface area contributed by atoms with Crippen molar-refractivity contribution < 1.29 is 19.0 Å². The topological polar surface area (TPSA) is 61.8 Å². The van der Waals surface area contributed by atoms with Crippen molar-refractivity contribution in [1.82, 2.24) is 10.2 Å². The zero-order chi connectivity index (χ0) is 17.0. The number of amides is 1. The van der Waals surface area contributed by atoms with Crippen LogP contribution >= 0.6 is 0 Å². The molecule has 23 heavy (non-hydrogen) atoms. The number of hydrogen-bond acceptors (Lipinski definition) is 4. The van der Waals surface area contributed by atoms with Crippen molar-refractivity contribution in [2.75, 3.05) is 20.2 Å². The van der Waals surface area contributed by atoms with Gasteiger partial charge in [-0.2, -0.15) is 0 Å². The van der Waals surface area contributed by atoms with Gasteiger partial charge in [-0.3, -0.25) is 4.79 Å². The van der Waals surface area contributed by atoms with Gasteiger partial charge in [-0.25, -0.2) is 4.39 Å². The Balaban J connectivity index is 2.12. The van der Waals surface area contributed by atoms with Crippen LogP contribution in [0.5, 0.6) is 5.75 Å². The predicted molar refractivity (Wildman–Crippen MR) is 85.7 cm³/mol. The number of piperidine rings is 1. The summed E-state index contributed by atoms with van der Waals surface area (Å²) in [7, 11) is 1.51. The Hall–Kier alpha value is -1.66. The number of aliphatic hydroxyl groups is 1. The van der Waals surface area contributed by atoms with Crippen molar-refractivity contribution in [2.24, 2.45) is 0 Å². The number of carbonyl (C=O) groups excluding carboxylic acids is 1. The van der Waals surface area contributed by atoms with Crippen LogP contribution in [-0.4, -0.2) is 47.8 Å². The van der Waals surface area contributed by atoms with Crippen molar-refractivity contribution >= 4 is 5.91 Å². The van der Waals surface area contributed by atoms with E-state index in [4.69, 9.17) is 4.74 Å². The van der Waals surface area contributed by atoms with Crippen LogP contribution in [0.4, 0.5) is 4.39 Å². The van der Waals surface area contributed by atoms with Gasteiger partial charge in [0.05, 0.1) is 7.11 Å². The molecule has 1 saturated heterocycles. The number of halogens is 1. The lowest BCUT2D eigenvalue weighted by molar-refractivity contribution is -0.157. The van der Waals surface area contributed by atoms with Crippen LogP contribution in [-0.2, 0) is 11.3 Å². The van der Waals surface area contributed by atoms with Crippen molar-refractivity contribution in [3.63, 3.8) is 0 Å². The van der Waals surface area contributed by atoms with Crippen molar-refractivity contribution in [3.8, 4) is 5.75 Å². The SMILES string of the molecule is COc1ccc(F)c(CN2CCCC(O)(CNC(C)C)C2=O)c1. The summed E-state index contributed by atoms with van der Waals surface area (Å²) in [5.41, 5.74) is -1.03. The van der Waals surface area contributed by atoms with Crippen LogP contribution in [0.1, 0.15) is 32.3 Å². The molecule has 1 aromatic carbocycles. The Morgan fingerprint density at radius 2 is 2.22 bits per heavy atom. The average Bonchev–Trinajstić information content (AvgIpc) is 2.52. The van der Waals surface area contributed by atoms with Crippen molar-refractivity contribution in [2.45, 2.75) is 44.9 Å². The van der Waals surface area contributed by atoms with Gasteiger partial charge in [-0.1, -0.05) is 13.8 Å². The zero-order valence-electron chi connectivity index (χ0n) is 13.9. The molecule has 2 N–H and O–H groups in total. The third kappa shape index (κ3) is 4.20. The highest BCUT2D eigenvalue weighted by Crippen LogP contribution is 2.25. The average molecular weight is 324 g/mol. The van der Waals surface area contributed by atoms with Gasteiger partial charge in [0.1, 0.15) is 11.6 Å². The van der Waals surface area contributed by atoms with E-state index in [1.165, 1.54) is 18.1 Å². The maximum atomic E-state index is 14.0.